The minimum Gasteiger partial charge on any atom is -0.367 e. The van der Waals surface area contributed by atoms with Gasteiger partial charge in [-0.2, -0.15) is 0 Å². The van der Waals surface area contributed by atoms with Gasteiger partial charge in [-0.1, -0.05) is 18.2 Å². The Hall–Kier alpha value is -2.86. The maximum Gasteiger partial charge on any atom is 0.257 e. The third-order valence-electron chi connectivity index (χ3n) is 5.43. The summed E-state index contributed by atoms with van der Waals surface area (Å²) < 4.78 is 14.7. The minimum absolute atomic E-state index is 0.159. The fourth-order valence-corrected chi connectivity index (χ4v) is 3.77. The summed E-state index contributed by atoms with van der Waals surface area (Å²) in [6.07, 6.45) is 1.64. The highest BCUT2D eigenvalue weighted by Crippen LogP contribution is 2.31. The van der Waals surface area contributed by atoms with E-state index in [-0.39, 0.29) is 11.7 Å². The van der Waals surface area contributed by atoms with Crippen molar-refractivity contribution in [2.45, 2.75) is 19.9 Å². The van der Waals surface area contributed by atoms with Crippen LogP contribution in [0.3, 0.4) is 0 Å². The van der Waals surface area contributed by atoms with Gasteiger partial charge in [0.15, 0.2) is 0 Å². The van der Waals surface area contributed by atoms with Crippen molar-refractivity contribution in [1.82, 2.24) is 4.90 Å². The average Bonchev–Trinajstić information content (AvgIpc) is 3.01. The van der Waals surface area contributed by atoms with Crippen molar-refractivity contribution >= 4 is 28.5 Å². The minimum atomic E-state index is -0.252. The summed E-state index contributed by atoms with van der Waals surface area (Å²) >= 11 is 0. The van der Waals surface area contributed by atoms with E-state index < -0.39 is 0 Å². The maximum atomic E-state index is 14.7. The number of nitrogens with one attached hydrogen (secondary N) is 2. The van der Waals surface area contributed by atoms with Gasteiger partial charge in [-0.3, -0.25) is 9.69 Å². The van der Waals surface area contributed by atoms with Crippen molar-refractivity contribution in [3.8, 4) is 0 Å². The Labute approximate surface area is 164 Å². The molecule has 0 aromatic heterocycles. The van der Waals surface area contributed by atoms with Gasteiger partial charge in [0.1, 0.15) is 5.82 Å². The molecule has 4 rings (SSSR count). The molecule has 1 amide bonds. The van der Waals surface area contributed by atoms with E-state index in [1.165, 1.54) is 6.07 Å². The second kappa shape index (κ2) is 7.64. The summed E-state index contributed by atoms with van der Waals surface area (Å²) in [5.74, 6) is -0.411. The zero-order valence-corrected chi connectivity index (χ0v) is 16.2. The van der Waals surface area contributed by atoms with E-state index in [0.717, 1.165) is 37.4 Å². The topological polar surface area (TPSA) is 47.6 Å². The molecule has 1 saturated heterocycles. The lowest BCUT2D eigenvalue weighted by Gasteiger charge is -2.38. The summed E-state index contributed by atoms with van der Waals surface area (Å²) in [6.45, 7) is 7.91. The summed E-state index contributed by atoms with van der Waals surface area (Å²) in [7, 11) is 0. The van der Waals surface area contributed by atoms with Crippen molar-refractivity contribution in [1.29, 1.82) is 0 Å². The molecule has 2 aromatic rings. The van der Waals surface area contributed by atoms with Crippen LogP contribution in [0.5, 0.6) is 0 Å². The third-order valence-corrected chi connectivity index (χ3v) is 5.43. The number of piperazine rings is 1. The number of anilines is 3. The smallest absolute Gasteiger partial charge is 0.257 e. The number of carbonyl (C=O) groups excluding carboxylic acids is 1. The van der Waals surface area contributed by atoms with Gasteiger partial charge in [0.25, 0.3) is 5.91 Å². The van der Waals surface area contributed by atoms with Gasteiger partial charge >= 0.3 is 0 Å². The molecule has 2 N–H and O–H groups in total. The zero-order valence-electron chi connectivity index (χ0n) is 16.2. The number of hydrogen-bond acceptors (Lipinski definition) is 4. The summed E-state index contributed by atoms with van der Waals surface area (Å²) in [5.41, 5.74) is 3.44. The number of hydrogen-bond donors (Lipinski definition) is 2. The lowest BCUT2D eigenvalue weighted by molar-refractivity contribution is -0.110. The van der Waals surface area contributed by atoms with E-state index in [1.54, 1.807) is 6.20 Å². The molecule has 0 unspecified atom stereocenters. The van der Waals surface area contributed by atoms with Gasteiger partial charge in [0.05, 0.1) is 11.3 Å². The molecule has 0 spiro atoms. The molecular weight excluding hydrogens is 355 g/mol. The molecule has 2 aliphatic heterocycles. The molecule has 2 heterocycles. The Kier molecular flexibility index (Phi) is 5.05. The lowest BCUT2D eigenvalue weighted by atomic mass is 10.1. The van der Waals surface area contributed by atoms with Crippen LogP contribution >= 0.6 is 0 Å². The van der Waals surface area contributed by atoms with Crippen LogP contribution in [-0.2, 0) is 4.79 Å². The highest BCUT2D eigenvalue weighted by molar-refractivity contribution is 6.31. The molecule has 0 aliphatic carbocycles. The Morgan fingerprint density at radius 1 is 1.11 bits per heavy atom. The van der Waals surface area contributed by atoms with Crippen molar-refractivity contribution in [3.05, 3.63) is 60.0 Å². The molecule has 2 aliphatic rings. The number of halogens is 1. The standard InChI is InChI=1S/C22H25FN4O/c1-15(2)26-9-11-27(12-10-26)21-8-7-16(13-19(21)23)24-14-18-17-5-3-4-6-20(17)25-22(18)28/h3-8,13-15,24H,9-12H2,1-2H3,(H,25,28). The van der Waals surface area contributed by atoms with Crippen molar-refractivity contribution in [2.24, 2.45) is 0 Å². The second-order valence-corrected chi connectivity index (χ2v) is 7.49. The Morgan fingerprint density at radius 2 is 1.86 bits per heavy atom. The maximum absolute atomic E-state index is 14.7. The van der Waals surface area contributed by atoms with Crippen LogP contribution in [0.2, 0.25) is 0 Å². The molecule has 0 saturated carbocycles. The largest absolute Gasteiger partial charge is 0.367 e. The van der Waals surface area contributed by atoms with Crippen molar-refractivity contribution < 1.29 is 9.18 Å². The predicted molar refractivity (Wildman–Crippen MR) is 112 cm³/mol. The van der Waals surface area contributed by atoms with Gasteiger partial charge in [0.2, 0.25) is 0 Å². The first-order valence-electron chi connectivity index (χ1n) is 9.69. The van der Waals surface area contributed by atoms with Crippen LogP contribution in [0.1, 0.15) is 19.4 Å². The number of para-hydroxylation sites is 1. The van der Waals surface area contributed by atoms with Crippen LogP contribution in [0.4, 0.5) is 21.5 Å². The number of amides is 1. The number of rotatable bonds is 4. The van der Waals surface area contributed by atoms with E-state index in [9.17, 15) is 9.18 Å². The van der Waals surface area contributed by atoms with Crippen LogP contribution in [0.15, 0.2) is 48.7 Å². The van der Waals surface area contributed by atoms with E-state index in [2.05, 4.69) is 34.3 Å². The number of fused-ring (bicyclic) bond motifs is 1. The van der Waals surface area contributed by atoms with Crippen LogP contribution in [0.25, 0.3) is 5.57 Å². The molecule has 146 valence electrons. The molecule has 2 aromatic carbocycles. The first-order valence-corrected chi connectivity index (χ1v) is 9.69. The Balaban J connectivity index is 1.46. The second-order valence-electron chi connectivity index (χ2n) is 7.49. The van der Waals surface area contributed by atoms with Gasteiger partial charge in [-0.05, 0) is 38.1 Å². The highest BCUT2D eigenvalue weighted by Gasteiger charge is 2.24. The van der Waals surface area contributed by atoms with Gasteiger partial charge in [-0.15, -0.1) is 0 Å². The molecule has 0 radical (unpaired) electrons. The summed E-state index contributed by atoms with van der Waals surface area (Å²) in [4.78, 5) is 16.6. The zero-order chi connectivity index (χ0) is 19.7. The van der Waals surface area contributed by atoms with E-state index in [0.29, 0.717) is 23.0 Å². The normalized spacial score (nSPS) is 18.5. The quantitative estimate of drug-likeness (QED) is 0.793. The number of benzene rings is 2. The van der Waals surface area contributed by atoms with E-state index >= 15 is 0 Å². The average molecular weight is 380 g/mol. The van der Waals surface area contributed by atoms with E-state index in [4.69, 9.17) is 0 Å². The first kappa shape index (κ1) is 18.5. The molecule has 0 bridgehead atoms. The van der Waals surface area contributed by atoms with Crippen LogP contribution < -0.4 is 15.5 Å². The monoisotopic (exact) mass is 380 g/mol. The van der Waals surface area contributed by atoms with E-state index in [1.807, 2.05) is 36.4 Å². The summed E-state index contributed by atoms with van der Waals surface area (Å²) in [5, 5.41) is 5.89. The summed E-state index contributed by atoms with van der Waals surface area (Å²) in [6, 6.07) is 13.2. The van der Waals surface area contributed by atoms with Crippen molar-refractivity contribution in [2.75, 3.05) is 41.7 Å². The predicted octanol–water partition coefficient (Wildman–Crippen LogP) is 3.76. The Morgan fingerprint density at radius 3 is 2.57 bits per heavy atom. The molecule has 1 fully saturated rings. The van der Waals surface area contributed by atoms with Gasteiger partial charge in [-0.25, -0.2) is 4.39 Å². The molecular formula is C22H25FN4O. The molecule has 5 nitrogen and oxygen atoms in total. The number of nitrogens with zero attached hydrogens (tertiary/aromatic N) is 2. The van der Waals surface area contributed by atoms with Crippen molar-refractivity contribution in [3.63, 3.8) is 0 Å². The highest BCUT2D eigenvalue weighted by atomic mass is 19.1. The fraction of sp³-hybridized carbons (Fsp3) is 0.318. The van der Waals surface area contributed by atoms with Crippen LogP contribution in [-0.4, -0.2) is 43.0 Å². The van der Waals surface area contributed by atoms with Gasteiger partial charge < -0.3 is 15.5 Å². The molecule has 6 heteroatoms. The SMILES string of the molecule is CC(C)N1CCN(c2ccc(NC=C3C(=O)Nc4ccccc43)cc2F)CC1. The third kappa shape index (κ3) is 3.60. The molecule has 0 atom stereocenters. The lowest BCUT2D eigenvalue weighted by Crippen LogP contribution is -2.49. The Bertz CT molecular complexity index is 917. The fourth-order valence-electron chi connectivity index (χ4n) is 3.77. The van der Waals surface area contributed by atoms with Gasteiger partial charge in [0, 0.05) is 55.4 Å². The van der Waals surface area contributed by atoms with Crippen LogP contribution in [0, 0.1) is 5.82 Å². The number of carbonyl (C=O) groups is 1. The first-order chi connectivity index (χ1) is 13.5. The molecule has 28 heavy (non-hydrogen) atoms.